The standard InChI is InChI=1S/C16H24N4O.HI/c1-4-7-15(21)20-14-9-6-8-13(11-14)12-19-16(17-3)18-10-5-2;/h5-6,8-9,11H,2,4,7,10,12H2,1,3H3,(H,20,21)(H2,17,18,19);1H. The minimum absolute atomic E-state index is 0. The predicted octanol–water partition coefficient (Wildman–Crippen LogP) is 2.89. The second-order valence-corrected chi connectivity index (χ2v) is 4.59. The number of hydrogen-bond donors (Lipinski definition) is 3. The van der Waals surface area contributed by atoms with Gasteiger partial charge in [-0.1, -0.05) is 25.1 Å². The van der Waals surface area contributed by atoms with Crippen LogP contribution in [0.3, 0.4) is 0 Å². The number of hydrogen-bond acceptors (Lipinski definition) is 2. The van der Waals surface area contributed by atoms with Gasteiger partial charge in [0.25, 0.3) is 0 Å². The normalized spacial score (nSPS) is 10.4. The summed E-state index contributed by atoms with van der Waals surface area (Å²) in [6, 6.07) is 7.78. The van der Waals surface area contributed by atoms with Crippen molar-refractivity contribution in [3.05, 3.63) is 42.5 Å². The van der Waals surface area contributed by atoms with Crippen LogP contribution in [0, 0.1) is 0 Å². The quantitative estimate of drug-likeness (QED) is 0.277. The lowest BCUT2D eigenvalue weighted by Crippen LogP contribution is -2.36. The van der Waals surface area contributed by atoms with Crippen molar-refractivity contribution in [2.45, 2.75) is 26.3 Å². The Kier molecular flexibility index (Phi) is 11.2. The van der Waals surface area contributed by atoms with Crippen molar-refractivity contribution in [3.8, 4) is 0 Å². The molecule has 1 amide bonds. The van der Waals surface area contributed by atoms with Crippen LogP contribution in [0.25, 0.3) is 0 Å². The van der Waals surface area contributed by atoms with Gasteiger partial charge in [-0.3, -0.25) is 9.79 Å². The summed E-state index contributed by atoms with van der Waals surface area (Å²) in [6.45, 7) is 6.93. The molecule has 5 nitrogen and oxygen atoms in total. The van der Waals surface area contributed by atoms with E-state index in [1.54, 1.807) is 13.1 Å². The zero-order valence-electron chi connectivity index (χ0n) is 13.2. The van der Waals surface area contributed by atoms with E-state index >= 15 is 0 Å². The smallest absolute Gasteiger partial charge is 0.224 e. The highest BCUT2D eigenvalue weighted by Gasteiger charge is 2.02. The molecule has 22 heavy (non-hydrogen) atoms. The second kappa shape index (κ2) is 12.0. The molecular formula is C16H25IN4O. The topological polar surface area (TPSA) is 65.5 Å². The summed E-state index contributed by atoms with van der Waals surface area (Å²) in [5, 5.41) is 9.20. The fourth-order valence-electron chi connectivity index (χ4n) is 1.78. The molecule has 0 fully saturated rings. The van der Waals surface area contributed by atoms with Gasteiger partial charge < -0.3 is 16.0 Å². The van der Waals surface area contributed by atoms with E-state index in [0.29, 0.717) is 19.5 Å². The third-order valence-electron chi connectivity index (χ3n) is 2.79. The number of aliphatic imine (C=N–C) groups is 1. The van der Waals surface area contributed by atoms with E-state index in [4.69, 9.17) is 0 Å². The molecule has 0 unspecified atom stereocenters. The number of guanidine groups is 1. The first-order valence-corrected chi connectivity index (χ1v) is 7.13. The summed E-state index contributed by atoms with van der Waals surface area (Å²) in [5.74, 6) is 0.765. The molecule has 0 aliphatic rings. The second-order valence-electron chi connectivity index (χ2n) is 4.59. The first-order chi connectivity index (χ1) is 10.2. The summed E-state index contributed by atoms with van der Waals surface area (Å²) in [6.07, 6.45) is 3.16. The number of nitrogens with zero attached hydrogens (tertiary/aromatic N) is 1. The van der Waals surface area contributed by atoms with Gasteiger partial charge in [0.2, 0.25) is 5.91 Å². The molecule has 0 atom stereocenters. The van der Waals surface area contributed by atoms with Gasteiger partial charge in [0.15, 0.2) is 5.96 Å². The zero-order chi connectivity index (χ0) is 15.5. The molecule has 1 rings (SSSR count). The molecular weight excluding hydrogens is 391 g/mol. The van der Waals surface area contributed by atoms with E-state index < -0.39 is 0 Å². The Bertz CT molecular complexity index is 503. The van der Waals surface area contributed by atoms with Crippen LogP contribution in [0.15, 0.2) is 41.9 Å². The Hall–Kier alpha value is -1.57. The number of carbonyl (C=O) groups is 1. The van der Waals surface area contributed by atoms with Crippen molar-refractivity contribution in [3.63, 3.8) is 0 Å². The van der Waals surface area contributed by atoms with Crippen LogP contribution < -0.4 is 16.0 Å². The minimum Gasteiger partial charge on any atom is -0.353 e. The van der Waals surface area contributed by atoms with Gasteiger partial charge in [0, 0.05) is 32.2 Å². The van der Waals surface area contributed by atoms with Gasteiger partial charge in [-0.15, -0.1) is 30.6 Å². The Labute approximate surface area is 149 Å². The van der Waals surface area contributed by atoms with Gasteiger partial charge in [-0.2, -0.15) is 0 Å². The van der Waals surface area contributed by atoms with Crippen LogP contribution in [0.5, 0.6) is 0 Å². The molecule has 0 heterocycles. The molecule has 0 aliphatic heterocycles. The largest absolute Gasteiger partial charge is 0.353 e. The number of amides is 1. The molecule has 122 valence electrons. The van der Waals surface area contributed by atoms with Gasteiger partial charge >= 0.3 is 0 Å². The molecule has 3 N–H and O–H groups in total. The number of carbonyl (C=O) groups excluding carboxylic acids is 1. The fourth-order valence-corrected chi connectivity index (χ4v) is 1.78. The summed E-state index contributed by atoms with van der Waals surface area (Å²) in [5.41, 5.74) is 1.90. The molecule has 0 aliphatic carbocycles. The zero-order valence-corrected chi connectivity index (χ0v) is 15.5. The third kappa shape index (κ3) is 8.02. The van der Waals surface area contributed by atoms with Crippen molar-refractivity contribution in [1.29, 1.82) is 0 Å². The van der Waals surface area contributed by atoms with E-state index in [0.717, 1.165) is 23.6 Å². The molecule has 0 aromatic heterocycles. The average molecular weight is 416 g/mol. The first kappa shape index (κ1) is 20.4. The molecule has 0 spiro atoms. The van der Waals surface area contributed by atoms with Crippen LogP contribution in [-0.2, 0) is 11.3 Å². The lowest BCUT2D eigenvalue weighted by Gasteiger charge is -2.11. The predicted molar refractivity (Wildman–Crippen MR) is 104 cm³/mol. The van der Waals surface area contributed by atoms with Crippen molar-refractivity contribution < 1.29 is 4.79 Å². The van der Waals surface area contributed by atoms with Crippen molar-refractivity contribution >= 4 is 41.5 Å². The molecule has 0 bridgehead atoms. The highest BCUT2D eigenvalue weighted by atomic mass is 127. The summed E-state index contributed by atoms with van der Waals surface area (Å²) < 4.78 is 0. The molecule has 1 aromatic carbocycles. The summed E-state index contributed by atoms with van der Waals surface area (Å²) in [4.78, 5) is 15.7. The maximum Gasteiger partial charge on any atom is 0.224 e. The Morgan fingerprint density at radius 3 is 2.77 bits per heavy atom. The highest BCUT2D eigenvalue weighted by molar-refractivity contribution is 14.0. The van der Waals surface area contributed by atoms with Crippen LogP contribution >= 0.6 is 24.0 Å². The van der Waals surface area contributed by atoms with Gasteiger partial charge in [-0.05, 0) is 24.1 Å². The minimum atomic E-state index is 0. The van der Waals surface area contributed by atoms with Crippen LogP contribution in [-0.4, -0.2) is 25.5 Å². The molecule has 0 radical (unpaired) electrons. The van der Waals surface area contributed by atoms with Crippen LogP contribution in [0.1, 0.15) is 25.3 Å². The Morgan fingerprint density at radius 2 is 2.14 bits per heavy atom. The average Bonchev–Trinajstić information content (AvgIpc) is 2.48. The molecule has 0 saturated carbocycles. The number of rotatable bonds is 7. The molecule has 1 aromatic rings. The van der Waals surface area contributed by atoms with Crippen molar-refractivity contribution in [2.24, 2.45) is 4.99 Å². The summed E-state index contributed by atoms with van der Waals surface area (Å²) in [7, 11) is 1.72. The van der Waals surface area contributed by atoms with Gasteiger partial charge in [0.1, 0.15) is 0 Å². The molecule has 0 saturated heterocycles. The van der Waals surface area contributed by atoms with Crippen molar-refractivity contribution in [1.82, 2.24) is 10.6 Å². The van der Waals surface area contributed by atoms with E-state index in [2.05, 4.69) is 27.5 Å². The highest BCUT2D eigenvalue weighted by Crippen LogP contribution is 2.11. The number of benzene rings is 1. The van der Waals surface area contributed by atoms with E-state index in [-0.39, 0.29) is 29.9 Å². The monoisotopic (exact) mass is 416 g/mol. The van der Waals surface area contributed by atoms with E-state index in [1.165, 1.54) is 0 Å². The number of anilines is 1. The van der Waals surface area contributed by atoms with Crippen LogP contribution in [0.4, 0.5) is 5.69 Å². The van der Waals surface area contributed by atoms with Gasteiger partial charge in [0.05, 0.1) is 0 Å². The van der Waals surface area contributed by atoms with E-state index in [1.807, 2.05) is 31.2 Å². The maximum absolute atomic E-state index is 11.6. The Balaban J connectivity index is 0.00000441. The SMILES string of the molecule is C=CCNC(=NC)NCc1cccc(NC(=O)CCC)c1.I. The first-order valence-electron chi connectivity index (χ1n) is 7.13. The molecule has 6 heteroatoms. The van der Waals surface area contributed by atoms with Crippen LogP contribution in [0.2, 0.25) is 0 Å². The third-order valence-corrected chi connectivity index (χ3v) is 2.79. The summed E-state index contributed by atoms with van der Waals surface area (Å²) >= 11 is 0. The number of halogens is 1. The van der Waals surface area contributed by atoms with E-state index in [9.17, 15) is 4.79 Å². The lowest BCUT2D eigenvalue weighted by molar-refractivity contribution is -0.116. The Morgan fingerprint density at radius 1 is 1.36 bits per heavy atom. The fraction of sp³-hybridized carbons (Fsp3) is 0.375. The van der Waals surface area contributed by atoms with Gasteiger partial charge in [-0.25, -0.2) is 0 Å². The maximum atomic E-state index is 11.6. The van der Waals surface area contributed by atoms with Crippen molar-refractivity contribution in [2.75, 3.05) is 18.9 Å². The lowest BCUT2D eigenvalue weighted by atomic mass is 10.2. The number of nitrogens with one attached hydrogen (secondary N) is 3.